The number of aromatic nitrogens is 3. The van der Waals surface area contributed by atoms with Gasteiger partial charge in [0.05, 0.1) is 11.3 Å². The van der Waals surface area contributed by atoms with Crippen LogP contribution in [0.1, 0.15) is 28.0 Å². The van der Waals surface area contributed by atoms with Crippen LogP contribution in [-0.4, -0.2) is 27.2 Å². The highest BCUT2D eigenvalue weighted by Crippen LogP contribution is 2.30. The Morgan fingerprint density at radius 3 is 2.74 bits per heavy atom. The van der Waals surface area contributed by atoms with Gasteiger partial charge in [-0.05, 0) is 61.9 Å². The van der Waals surface area contributed by atoms with E-state index in [9.17, 15) is 4.79 Å². The number of fused-ring (bicyclic) bond motifs is 1. The standard InChI is InChI=1S/C20H18N4O2S/c1-27-20-23-17-6-2-5-16(17)18(24-20)22-14-7-9-15(10-8-14)26-19(25)13-4-3-11-21-12-13/h3-4,7-12H,2,5-6H2,1H3,(H,22,23,24). The fraction of sp³-hybridized carbons (Fsp3) is 0.200. The van der Waals surface area contributed by atoms with E-state index in [1.165, 1.54) is 11.8 Å². The number of benzene rings is 1. The van der Waals surface area contributed by atoms with Gasteiger partial charge in [-0.1, -0.05) is 11.8 Å². The lowest BCUT2D eigenvalue weighted by molar-refractivity contribution is 0.0734. The minimum Gasteiger partial charge on any atom is -0.423 e. The third kappa shape index (κ3) is 3.93. The largest absolute Gasteiger partial charge is 0.423 e. The summed E-state index contributed by atoms with van der Waals surface area (Å²) in [6.07, 6.45) is 8.18. The predicted octanol–water partition coefficient (Wildman–Crippen LogP) is 4.05. The van der Waals surface area contributed by atoms with E-state index < -0.39 is 5.97 Å². The van der Waals surface area contributed by atoms with Gasteiger partial charge in [-0.3, -0.25) is 4.98 Å². The Morgan fingerprint density at radius 1 is 1.15 bits per heavy atom. The number of carbonyl (C=O) groups excluding carboxylic acids is 1. The van der Waals surface area contributed by atoms with Crippen molar-refractivity contribution in [2.24, 2.45) is 0 Å². The van der Waals surface area contributed by atoms with Gasteiger partial charge in [0.25, 0.3) is 0 Å². The van der Waals surface area contributed by atoms with Crippen LogP contribution >= 0.6 is 11.8 Å². The molecule has 0 spiro atoms. The smallest absolute Gasteiger partial charge is 0.345 e. The van der Waals surface area contributed by atoms with Crippen LogP contribution < -0.4 is 10.1 Å². The molecule has 0 saturated carbocycles. The number of hydrogen-bond donors (Lipinski definition) is 1. The summed E-state index contributed by atoms with van der Waals surface area (Å²) < 4.78 is 5.38. The zero-order valence-corrected chi connectivity index (χ0v) is 15.6. The first-order valence-corrected chi connectivity index (χ1v) is 9.88. The lowest BCUT2D eigenvalue weighted by atomic mass is 10.2. The molecule has 0 aliphatic heterocycles. The van der Waals surface area contributed by atoms with E-state index in [4.69, 9.17) is 4.74 Å². The summed E-state index contributed by atoms with van der Waals surface area (Å²) in [5, 5.41) is 4.15. The van der Waals surface area contributed by atoms with Crippen LogP contribution in [0, 0.1) is 0 Å². The van der Waals surface area contributed by atoms with Gasteiger partial charge in [0.2, 0.25) is 0 Å². The molecule has 1 N–H and O–H groups in total. The first-order chi connectivity index (χ1) is 13.2. The summed E-state index contributed by atoms with van der Waals surface area (Å²) >= 11 is 1.54. The van der Waals surface area contributed by atoms with Gasteiger partial charge < -0.3 is 10.1 Å². The van der Waals surface area contributed by atoms with Crippen molar-refractivity contribution < 1.29 is 9.53 Å². The van der Waals surface area contributed by atoms with Crippen LogP contribution in [0.4, 0.5) is 11.5 Å². The minimum absolute atomic E-state index is 0.417. The monoisotopic (exact) mass is 378 g/mol. The van der Waals surface area contributed by atoms with Gasteiger partial charge in [-0.2, -0.15) is 0 Å². The highest BCUT2D eigenvalue weighted by molar-refractivity contribution is 7.98. The van der Waals surface area contributed by atoms with E-state index in [0.29, 0.717) is 11.3 Å². The van der Waals surface area contributed by atoms with E-state index in [1.54, 1.807) is 42.2 Å². The Kier molecular flexibility index (Phi) is 5.02. The maximum absolute atomic E-state index is 12.1. The molecule has 4 rings (SSSR count). The molecule has 3 aromatic rings. The Hall–Kier alpha value is -2.93. The number of thioether (sulfide) groups is 1. The number of ether oxygens (including phenoxy) is 1. The number of hydrogen-bond acceptors (Lipinski definition) is 7. The van der Waals surface area contributed by atoms with Gasteiger partial charge in [-0.15, -0.1) is 0 Å². The lowest BCUT2D eigenvalue weighted by Crippen LogP contribution is -2.08. The fourth-order valence-electron chi connectivity index (χ4n) is 3.00. The van der Waals surface area contributed by atoms with Crippen molar-refractivity contribution in [3.8, 4) is 5.75 Å². The summed E-state index contributed by atoms with van der Waals surface area (Å²) in [4.78, 5) is 25.2. The molecule has 27 heavy (non-hydrogen) atoms. The van der Waals surface area contributed by atoms with E-state index >= 15 is 0 Å². The maximum Gasteiger partial charge on any atom is 0.345 e. The van der Waals surface area contributed by atoms with Crippen molar-refractivity contribution in [2.45, 2.75) is 24.4 Å². The number of nitrogens with zero attached hydrogens (tertiary/aromatic N) is 3. The lowest BCUT2D eigenvalue weighted by Gasteiger charge is -2.12. The molecule has 0 unspecified atom stereocenters. The average molecular weight is 378 g/mol. The molecule has 136 valence electrons. The quantitative estimate of drug-likeness (QED) is 0.311. The first-order valence-electron chi connectivity index (χ1n) is 8.66. The van der Waals surface area contributed by atoms with E-state index in [-0.39, 0.29) is 0 Å². The number of rotatable bonds is 5. The van der Waals surface area contributed by atoms with Crippen molar-refractivity contribution in [2.75, 3.05) is 11.6 Å². The van der Waals surface area contributed by atoms with Crippen molar-refractivity contribution in [3.05, 3.63) is 65.6 Å². The van der Waals surface area contributed by atoms with Gasteiger partial charge in [-0.25, -0.2) is 14.8 Å². The molecular weight excluding hydrogens is 360 g/mol. The Labute approximate surface area is 161 Å². The van der Waals surface area contributed by atoms with Crippen LogP contribution in [0.2, 0.25) is 0 Å². The summed E-state index contributed by atoms with van der Waals surface area (Å²) in [6, 6.07) is 10.6. The Morgan fingerprint density at radius 2 is 2.00 bits per heavy atom. The van der Waals surface area contributed by atoms with Crippen LogP contribution in [0.25, 0.3) is 0 Å². The summed E-state index contributed by atoms with van der Waals surface area (Å²) in [5.74, 6) is 0.913. The molecule has 0 fully saturated rings. The van der Waals surface area contributed by atoms with E-state index in [0.717, 1.165) is 41.6 Å². The molecular formula is C20H18N4O2S. The highest BCUT2D eigenvalue weighted by atomic mass is 32.2. The van der Waals surface area contributed by atoms with E-state index in [1.807, 2.05) is 18.4 Å². The summed E-state index contributed by atoms with van der Waals surface area (Å²) in [7, 11) is 0. The van der Waals surface area contributed by atoms with Gasteiger partial charge in [0, 0.05) is 23.6 Å². The van der Waals surface area contributed by atoms with E-state index in [2.05, 4.69) is 20.3 Å². The van der Waals surface area contributed by atoms with Crippen molar-refractivity contribution in [1.82, 2.24) is 15.0 Å². The van der Waals surface area contributed by atoms with Crippen molar-refractivity contribution in [1.29, 1.82) is 0 Å². The van der Waals surface area contributed by atoms with Gasteiger partial charge in [0.1, 0.15) is 11.6 Å². The topological polar surface area (TPSA) is 77.0 Å². The normalized spacial score (nSPS) is 12.5. The number of nitrogens with one attached hydrogen (secondary N) is 1. The second-order valence-corrected chi connectivity index (χ2v) is 6.89. The third-order valence-corrected chi connectivity index (χ3v) is 4.87. The molecule has 1 aliphatic rings. The summed E-state index contributed by atoms with van der Waals surface area (Å²) in [6.45, 7) is 0. The first kappa shape index (κ1) is 17.5. The molecule has 1 aliphatic carbocycles. The third-order valence-electron chi connectivity index (χ3n) is 4.32. The van der Waals surface area contributed by atoms with Crippen LogP contribution in [0.3, 0.4) is 0 Å². The molecule has 6 nitrogen and oxygen atoms in total. The van der Waals surface area contributed by atoms with Gasteiger partial charge >= 0.3 is 5.97 Å². The highest BCUT2D eigenvalue weighted by Gasteiger charge is 2.19. The zero-order chi connectivity index (χ0) is 18.6. The molecule has 0 amide bonds. The number of carbonyl (C=O) groups is 1. The minimum atomic E-state index is -0.429. The second kappa shape index (κ2) is 7.75. The SMILES string of the molecule is CSc1nc2c(c(Nc3ccc(OC(=O)c4cccnc4)cc3)n1)CCC2. The molecule has 0 saturated heterocycles. The number of pyridine rings is 1. The van der Waals surface area contributed by atoms with Gasteiger partial charge in [0.15, 0.2) is 5.16 Å². The molecule has 0 bridgehead atoms. The van der Waals surface area contributed by atoms with Crippen molar-refractivity contribution >= 4 is 29.2 Å². The molecule has 7 heteroatoms. The zero-order valence-electron chi connectivity index (χ0n) is 14.8. The molecule has 0 atom stereocenters. The Balaban J connectivity index is 1.49. The van der Waals surface area contributed by atoms with Crippen LogP contribution in [0.15, 0.2) is 53.9 Å². The predicted molar refractivity (Wildman–Crippen MR) is 105 cm³/mol. The average Bonchev–Trinajstić information content (AvgIpc) is 3.19. The maximum atomic E-state index is 12.1. The number of anilines is 2. The molecule has 1 aromatic carbocycles. The molecule has 2 heterocycles. The molecule has 0 radical (unpaired) electrons. The molecule has 2 aromatic heterocycles. The van der Waals surface area contributed by atoms with Crippen LogP contribution in [0.5, 0.6) is 5.75 Å². The fourth-order valence-corrected chi connectivity index (χ4v) is 3.38. The number of esters is 1. The van der Waals surface area contributed by atoms with Crippen molar-refractivity contribution in [3.63, 3.8) is 0 Å². The number of aryl methyl sites for hydroxylation is 1. The van der Waals surface area contributed by atoms with Crippen LogP contribution in [-0.2, 0) is 12.8 Å². The second-order valence-electron chi connectivity index (χ2n) is 6.12. The summed E-state index contributed by atoms with van der Waals surface area (Å²) in [5.41, 5.74) is 3.63. The Bertz CT molecular complexity index is 962.